The smallest absolute Gasteiger partial charge is 0.218 e. The number of hydrogen-bond acceptors (Lipinski definition) is 3. The first-order valence-corrected chi connectivity index (χ1v) is 7.38. The molecular weight excluding hydrogens is 331 g/mol. The number of nitrogens with zero attached hydrogens (tertiary/aromatic N) is 1. The Kier molecular flexibility index (Phi) is 2.75. The fraction of sp³-hybridized carbons (Fsp3) is 0.875. The van der Waals surface area contributed by atoms with Crippen molar-refractivity contribution in [3.63, 3.8) is 0 Å². The van der Waals surface area contributed by atoms with Crippen LogP contribution in [-0.4, -0.2) is 40.4 Å². The lowest BCUT2D eigenvalue weighted by atomic mass is 9.99. The Morgan fingerprint density at radius 2 is 2.00 bits per heavy atom. The van der Waals surface area contributed by atoms with Crippen LogP contribution in [0, 0.1) is 0 Å². The van der Waals surface area contributed by atoms with Crippen molar-refractivity contribution in [2.75, 3.05) is 13.1 Å². The maximum absolute atomic E-state index is 11.8. The first kappa shape index (κ1) is 11.6. The number of amides is 1. The van der Waals surface area contributed by atoms with E-state index >= 15 is 0 Å². The van der Waals surface area contributed by atoms with E-state index < -0.39 is 10.0 Å². The maximum Gasteiger partial charge on any atom is 0.218 e. The van der Waals surface area contributed by atoms with E-state index in [4.69, 9.17) is 5.73 Å². The summed E-state index contributed by atoms with van der Waals surface area (Å²) in [5, 5.41) is -0.160. The van der Waals surface area contributed by atoms with Gasteiger partial charge in [-0.05, 0) is 12.8 Å². The topological polar surface area (TPSA) is 80.5 Å². The maximum atomic E-state index is 11.8. The highest BCUT2D eigenvalue weighted by Crippen LogP contribution is 2.40. The summed E-state index contributed by atoms with van der Waals surface area (Å²) in [5.74, 6) is -0.368. The lowest BCUT2D eigenvalue weighted by Crippen LogP contribution is -2.61. The van der Waals surface area contributed by atoms with Crippen LogP contribution in [0.3, 0.4) is 0 Å². The van der Waals surface area contributed by atoms with E-state index in [1.807, 2.05) is 0 Å². The normalized spacial score (nSPS) is 25.9. The largest absolute Gasteiger partial charge is 0.370 e. The van der Waals surface area contributed by atoms with Crippen LogP contribution in [0.4, 0.5) is 0 Å². The molecule has 1 aliphatic carbocycles. The molecule has 2 fully saturated rings. The Labute approximate surface area is 103 Å². The van der Waals surface area contributed by atoms with E-state index in [1.54, 1.807) is 0 Å². The molecule has 15 heavy (non-hydrogen) atoms. The molecule has 0 bridgehead atoms. The molecule has 7 heteroatoms. The standard InChI is InChI=1S/C8H13IN2O3S/c9-8(3-7(10)12)4-11(5-8)15(13,14)6-1-2-6/h6H,1-5H2,(H2,10,12). The summed E-state index contributed by atoms with van der Waals surface area (Å²) in [4.78, 5) is 10.8. The molecule has 0 aromatic carbocycles. The van der Waals surface area contributed by atoms with Gasteiger partial charge in [0.1, 0.15) is 0 Å². The summed E-state index contributed by atoms with van der Waals surface area (Å²) in [5.41, 5.74) is 5.10. The van der Waals surface area contributed by atoms with E-state index in [-0.39, 0.29) is 21.0 Å². The summed E-state index contributed by atoms with van der Waals surface area (Å²) < 4.78 is 24.7. The number of carbonyl (C=O) groups excluding carboxylic acids is 1. The highest BCUT2D eigenvalue weighted by Gasteiger charge is 2.51. The van der Waals surface area contributed by atoms with Crippen LogP contribution in [0.15, 0.2) is 0 Å². The number of hydrogen-bond donors (Lipinski definition) is 1. The van der Waals surface area contributed by atoms with Gasteiger partial charge in [-0.15, -0.1) is 0 Å². The molecule has 2 N–H and O–H groups in total. The first-order chi connectivity index (χ1) is 6.83. The minimum Gasteiger partial charge on any atom is -0.370 e. The van der Waals surface area contributed by atoms with E-state index in [2.05, 4.69) is 22.6 Å². The van der Waals surface area contributed by atoms with Crippen molar-refractivity contribution < 1.29 is 13.2 Å². The molecule has 1 heterocycles. The van der Waals surface area contributed by atoms with Crippen LogP contribution in [0.2, 0.25) is 0 Å². The summed E-state index contributed by atoms with van der Waals surface area (Å²) in [6, 6.07) is 0. The van der Waals surface area contributed by atoms with Gasteiger partial charge in [0, 0.05) is 19.5 Å². The van der Waals surface area contributed by atoms with Gasteiger partial charge >= 0.3 is 0 Å². The van der Waals surface area contributed by atoms with E-state index in [0.29, 0.717) is 13.1 Å². The highest BCUT2D eigenvalue weighted by molar-refractivity contribution is 14.1. The minimum absolute atomic E-state index is 0.160. The molecule has 1 amide bonds. The van der Waals surface area contributed by atoms with Gasteiger partial charge in [-0.2, -0.15) is 4.31 Å². The molecule has 0 aromatic rings. The van der Waals surface area contributed by atoms with Crippen molar-refractivity contribution in [1.29, 1.82) is 0 Å². The Morgan fingerprint density at radius 3 is 2.40 bits per heavy atom. The fourth-order valence-electron chi connectivity index (χ4n) is 1.77. The Morgan fingerprint density at radius 1 is 1.47 bits per heavy atom. The molecule has 1 saturated heterocycles. The Hall–Kier alpha value is 0.110. The van der Waals surface area contributed by atoms with Gasteiger partial charge < -0.3 is 5.73 Å². The Bertz CT molecular complexity index is 385. The second-order valence-electron chi connectivity index (χ2n) is 4.31. The van der Waals surface area contributed by atoms with Crippen molar-refractivity contribution in [3.05, 3.63) is 0 Å². The Balaban J connectivity index is 1.95. The number of primary amides is 1. The van der Waals surface area contributed by atoms with Gasteiger partial charge in [-0.3, -0.25) is 4.79 Å². The SMILES string of the molecule is NC(=O)CC1(I)CN(S(=O)(=O)C2CC2)C1. The van der Waals surface area contributed by atoms with Gasteiger partial charge in [-0.1, -0.05) is 22.6 Å². The monoisotopic (exact) mass is 344 g/mol. The molecule has 2 rings (SSSR count). The fourth-order valence-corrected chi connectivity index (χ4v) is 5.44. The summed E-state index contributed by atoms with van der Waals surface area (Å²) in [7, 11) is -3.06. The van der Waals surface area contributed by atoms with Gasteiger partial charge in [0.2, 0.25) is 15.9 Å². The number of rotatable bonds is 4. The molecule has 5 nitrogen and oxygen atoms in total. The summed E-state index contributed by atoms with van der Waals surface area (Å²) in [6.45, 7) is 0.852. The lowest BCUT2D eigenvalue weighted by Gasteiger charge is -2.44. The molecule has 0 unspecified atom stereocenters. The minimum atomic E-state index is -3.06. The number of sulfonamides is 1. The van der Waals surface area contributed by atoms with Crippen LogP contribution in [0.25, 0.3) is 0 Å². The quantitative estimate of drug-likeness (QED) is 0.569. The van der Waals surface area contributed by atoms with Gasteiger partial charge in [-0.25, -0.2) is 8.42 Å². The first-order valence-electron chi connectivity index (χ1n) is 4.80. The predicted octanol–water partition coefficient (Wildman–Crippen LogP) is -0.157. The van der Waals surface area contributed by atoms with Gasteiger partial charge in [0.05, 0.1) is 8.67 Å². The second kappa shape index (κ2) is 3.56. The molecule has 0 radical (unpaired) electrons. The van der Waals surface area contributed by atoms with Crippen molar-refractivity contribution in [2.45, 2.75) is 27.9 Å². The molecule has 86 valence electrons. The third-order valence-electron chi connectivity index (χ3n) is 2.72. The van der Waals surface area contributed by atoms with Crippen LogP contribution >= 0.6 is 22.6 Å². The number of nitrogens with two attached hydrogens (primary N) is 1. The van der Waals surface area contributed by atoms with Crippen LogP contribution in [0.1, 0.15) is 19.3 Å². The molecule has 0 spiro atoms. The van der Waals surface area contributed by atoms with Crippen molar-refractivity contribution in [3.8, 4) is 0 Å². The third-order valence-corrected chi connectivity index (χ3v) is 6.07. The number of halogens is 1. The van der Waals surface area contributed by atoms with Crippen molar-refractivity contribution >= 4 is 38.5 Å². The van der Waals surface area contributed by atoms with Gasteiger partial charge in [0.15, 0.2) is 0 Å². The van der Waals surface area contributed by atoms with Crippen LogP contribution < -0.4 is 5.73 Å². The van der Waals surface area contributed by atoms with Crippen molar-refractivity contribution in [2.24, 2.45) is 5.73 Å². The van der Waals surface area contributed by atoms with Crippen LogP contribution in [-0.2, 0) is 14.8 Å². The lowest BCUT2D eigenvalue weighted by molar-refractivity contribution is -0.119. The molecule has 2 aliphatic rings. The van der Waals surface area contributed by atoms with E-state index in [0.717, 1.165) is 12.8 Å². The summed E-state index contributed by atoms with van der Waals surface area (Å²) in [6.07, 6.45) is 1.82. The van der Waals surface area contributed by atoms with Gasteiger partial charge in [0.25, 0.3) is 0 Å². The molecule has 0 atom stereocenters. The second-order valence-corrected chi connectivity index (χ2v) is 8.81. The highest BCUT2D eigenvalue weighted by atomic mass is 127. The average molecular weight is 344 g/mol. The zero-order valence-corrected chi connectivity index (χ0v) is 11.1. The van der Waals surface area contributed by atoms with Crippen molar-refractivity contribution in [1.82, 2.24) is 4.31 Å². The molecule has 0 aromatic heterocycles. The molecular formula is C8H13IN2O3S. The number of alkyl halides is 1. The zero-order valence-electron chi connectivity index (χ0n) is 8.15. The average Bonchev–Trinajstić information content (AvgIpc) is 2.79. The van der Waals surface area contributed by atoms with E-state index in [1.165, 1.54) is 4.31 Å². The molecule has 1 saturated carbocycles. The predicted molar refractivity (Wildman–Crippen MR) is 64.1 cm³/mol. The van der Waals surface area contributed by atoms with Crippen LogP contribution in [0.5, 0.6) is 0 Å². The number of carbonyl (C=O) groups is 1. The third kappa shape index (κ3) is 2.28. The van der Waals surface area contributed by atoms with E-state index in [9.17, 15) is 13.2 Å². The summed E-state index contributed by atoms with van der Waals surface area (Å²) >= 11 is 2.13. The zero-order chi connectivity index (χ0) is 11.3. The molecule has 1 aliphatic heterocycles.